The van der Waals surface area contributed by atoms with Gasteiger partial charge in [-0.2, -0.15) is 5.26 Å². The smallest absolute Gasteiger partial charge is 0.416 e. The quantitative estimate of drug-likeness (QED) is 0.631. The van der Waals surface area contributed by atoms with Crippen LogP contribution in [-0.4, -0.2) is 23.2 Å². The Morgan fingerprint density at radius 1 is 1.44 bits per heavy atom. The fourth-order valence-electron chi connectivity index (χ4n) is 2.86. The number of ether oxygens (including phenoxy) is 1. The summed E-state index contributed by atoms with van der Waals surface area (Å²) in [5.74, 6) is 0.928. The van der Waals surface area contributed by atoms with Crippen LogP contribution in [0.4, 0.5) is 10.6 Å². The Morgan fingerprint density at radius 2 is 2.08 bits per heavy atom. The Kier molecular flexibility index (Phi) is 6.70. The normalized spacial score (nSPS) is 20.6. The third-order valence-corrected chi connectivity index (χ3v) is 5.33. The van der Waals surface area contributed by atoms with Gasteiger partial charge in [0.2, 0.25) is 0 Å². The van der Waals surface area contributed by atoms with Gasteiger partial charge in [-0.1, -0.05) is 11.6 Å². The van der Waals surface area contributed by atoms with Crippen molar-refractivity contribution in [2.75, 3.05) is 11.4 Å². The third-order valence-electron chi connectivity index (χ3n) is 4.15. The fraction of sp³-hybridized carbons (Fsp3) is 0.611. The van der Waals surface area contributed by atoms with Gasteiger partial charge in [-0.05, 0) is 68.3 Å². The van der Waals surface area contributed by atoms with E-state index in [1.807, 2.05) is 20.8 Å². The van der Waals surface area contributed by atoms with Gasteiger partial charge in [-0.25, -0.2) is 9.78 Å². The highest BCUT2D eigenvalue weighted by Crippen LogP contribution is 2.32. The van der Waals surface area contributed by atoms with Gasteiger partial charge in [0.05, 0.1) is 15.6 Å². The molecule has 0 spiro atoms. The van der Waals surface area contributed by atoms with Crippen molar-refractivity contribution in [2.45, 2.75) is 52.1 Å². The Labute approximate surface area is 162 Å². The first kappa shape index (κ1) is 20.0. The zero-order valence-corrected chi connectivity index (χ0v) is 17.1. The number of rotatable bonds is 3. The molecule has 1 aliphatic rings. The van der Waals surface area contributed by atoms with E-state index in [2.05, 4.69) is 27.0 Å². The van der Waals surface area contributed by atoms with Crippen LogP contribution >= 0.6 is 27.5 Å². The van der Waals surface area contributed by atoms with Gasteiger partial charge < -0.3 is 4.74 Å². The lowest BCUT2D eigenvalue weighted by atomic mass is 9.82. The predicted molar refractivity (Wildman–Crippen MR) is 102 cm³/mol. The van der Waals surface area contributed by atoms with Gasteiger partial charge in [0, 0.05) is 24.7 Å². The van der Waals surface area contributed by atoms with Crippen LogP contribution in [0.15, 0.2) is 16.7 Å². The van der Waals surface area contributed by atoms with Gasteiger partial charge in [-0.15, -0.1) is 0 Å². The first-order chi connectivity index (χ1) is 11.7. The Morgan fingerprint density at radius 3 is 2.60 bits per heavy atom. The van der Waals surface area contributed by atoms with Gasteiger partial charge in [-0.3, -0.25) is 4.90 Å². The zero-order chi connectivity index (χ0) is 18.6. The number of hydrogen-bond donors (Lipinski definition) is 0. The van der Waals surface area contributed by atoms with Crippen LogP contribution in [0.5, 0.6) is 0 Å². The average molecular weight is 429 g/mol. The molecule has 0 aliphatic heterocycles. The van der Waals surface area contributed by atoms with Crippen molar-refractivity contribution in [1.82, 2.24) is 4.98 Å². The fourth-order valence-corrected chi connectivity index (χ4v) is 3.23. The summed E-state index contributed by atoms with van der Waals surface area (Å²) in [6.07, 6.45) is 4.74. The van der Waals surface area contributed by atoms with Crippen LogP contribution < -0.4 is 4.90 Å². The minimum Gasteiger partial charge on any atom is -0.443 e. The molecule has 5 nitrogen and oxygen atoms in total. The molecular formula is C18H23BrClN3O2. The van der Waals surface area contributed by atoms with Crippen LogP contribution in [0.25, 0.3) is 0 Å². The van der Waals surface area contributed by atoms with Gasteiger partial charge in [0.25, 0.3) is 0 Å². The van der Waals surface area contributed by atoms with Gasteiger partial charge >= 0.3 is 6.09 Å². The second kappa shape index (κ2) is 8.37. The van der Waals surface area contributed by atoms with Crippen molar-refractivity contribution in [1.29, 1.82) is 5.26 Å². The predicted octanol–water partition coefficient (Wildman–Crippen LogP) is 5.57. The van der Waals surface area contributed by atoms with Crippen molar-refractivity contribution in [2.24, 2.45) is 11.8 Å². The van der Waals surface area contributed by atoms with Gasteiger partial charge in [0.15, 0.2) is 0 Å². The number of carbonyl (C=O) groups excluding carboxylic acids is 1. The van der Waals surface area contributed by atoms with Crippen molar-refractivity contribution < 1.29 is 9.53 Å². The van der Waals surface area contributed by atoms with E-state index in [9.17, 15) is 4.79 Å². The number of nitriles is 1. The van der Waals surface area contributed by atoms with Crippen molar-refractivity contribution in [3.63, 3.8) is 0 Å². The van der Waals surface area contributed by atoms with Crippen LogP contribution in [0, 0.1) is 23.2 Å². The minimum atomic E-state index is -0.590. The molecule has 1 aliphatic carbocycles. The molecule has 1 fully saturated rings. The zero-order valence-electron chi connectivity index (χ0n) is 14.8. The largest absolute Gasteiger partial charge is 0.443 e. The van der Waals surface area contributed by atoms with E-state index in [1.165, 1.54) is 0 Å². The maximum atomic E-state index is 12.7. The first-order valence-corrected chi connectivity index (χ1v) is 9.58. The molecule has 1 aromatic rings. The molecule has 1 heterocycles. The van der Waals surface area contributed by atoms with E-state index in [1.54, 1.807) is 17.2 Å². The average Bonchev–Trinajstić information content (AvgIpc) is 2.54. The Balaban J connectivity index is 2.18. The summed E-state index contributed by atoms with van der Waals surface area (Å²) in [4.78, 5) is 18.6. The summed E-state index contributed by atoms with van der Waals surface area (Å²) in [6, 6.07) is 4.00. The molecule has 1 aromatic heterocycles. The SMILES string of the molecule is CC(C)(C)OC(=O)N(CC1CCC(C#N)CC1)c1cc(Cl)c(Br)cn1. The minimum absolute atomic E-state index is 0.131. The molecule has 1 amide bonds. The number of halogens is 2. The van der Waals surface area contributed by atoms with Crippen molar-refractivity contribution >= 4 is 39.4 Å². The molecule has 136 valence electrons. The van der Waals surface area contributed by atoms with E-state index in [4.69, 9.17) is 21.6 Å². The summed E-state index contributed by atoms with van der Waals surface area (Å²) < 4.78 is 6.23. The van der Waals surface area contributed by atoms with E-state index in [0.29, 0.717) is 27.8 Å². The second-order valence-corrected chi connectivity index (χ2v) is 8.66. The highest BCUT2D eigenvalue weighted by Gasteiger charge is 2.29. The standard InChI is InChI=1S/C18H23BrClN3O2/c1-18(2,3)25-17(24)23(16-8-15(20)14(19)10-22-16)11-13-6-4-12(9-21)5-7-13/h8,10,12-13H,4-7,11H2,1-3H3. The molecule has 0 N–H and O–H groups in total. The molecule has 1 saturated carbocycles. The van der Waals surface area contributed by atoms with Crippen LogP contribution in [-0.2, 0) is 4.74 Å². The van der Waals surface area contributed by atoms with E-state index in [-0.39, 0.29) is 5.92 Å². The lowest BCUT2D eigenvalue weighted by Crippen LogP contribution is -2.41. The summed E-state index contributed by atoms with van der Waals surface area (Å²) in [6.45, 7) is 6.02. The number of amides is 1. The molecule has 0 unspecified atom stereocenters. The molecule has 0 radical (unpaired) electrons. The maximum Gasteiger partial charge on any atom is 0.416 e. The summed E-state index contributed by atoms with van der Waals surface area (Å²) >= 11 is 9.49. The van der Waals surface area contributed by atoms with Crippen LogP contribution in [0.3, 0.4) is 0 Å². The lowest BCUT2D eigenvalue weighted by molar-refractivity contribution is 0.0570. The molecule has 2 rings (SSSR count). The number of hydrogen-bond acceptors (Lipinski definition) is 4. The van der Waals surface area contributed by atoms with Gasteiger partial charge in [0.1, 0.15) is 11.4 Å². The molecule has 0 aromatic carbocycles. The Bertz CT molecular complexity index is 661. The van der Waals surface area contributed by atoms with Crippen molar-refractivity contribution in [3.8, 4) is 6.07 Å². The molecular weight excluding hydrogens is 406 g/mol. The molecule has 0 bridgehead atoms. The van der Waals surface area contributed by atoms with Crippen LogP contribution in [0.2, 0.25) is 5.02 Å². The van der Waals surface area contributed by atoms with E-state index >= 15 is 0 Å². The third kappa shape index (κ3) is 5.86. The number of aromatic nitrogens is 1. The highest BCUT2D eigenvalue weighted by molar-refractivity contribution is 9.10. The molecule has 25 heavy (non-hydrogen) atoms. The molecule has 0 saturated heterocycles. The molecule has 0 atom stereocenters. The summed E-state index contributed by atoms with van der Waals surface area (Å²) in [5.41, 5.74) is -0.590. The number of carbonyl (C=O) groups is 1. The maximum absolute atomic E-state index is 12.7. The number of anilines is 1. The van der Waals surface area contributed by atoms with E-state index in [0.717, 1.165) is 25.7 Å². The first-order valence-electron chi connectivity index (χ1n) is 8.41. The summed E-state index contributed by atoms with van der Waals surface area (Å²) in [7, 11) is 0. The number of pyridine rings is 1. The number of nitrogens with zero attached hydrogens (tertiary/aromatic N) is 3. The van der Waals surface area contributed by atoms with Crippen molar-refractivity contribution in [3.05, 3.63) is 21.8 Å². The lowest BCUT2D eigenvalue weighted by Gasteiger charge is -2.32. The Hall–Kier alpha value is -1.32. The topological polar surface area (TPSA) is 66.2 Å². The van der Waals surface area contributed by atoms with Crippen LogP contribution in [0.1, 0.15) is 46.5 Å². The van der Waals surface area contributed by atoms with E-state index < -0.39 is 11.7 Å². The highest BCUT2D eigenvalue weighted by atomic mass is 79.9. The second-order valence-electron chi connectivity index (χ2n) is 7.39. The monoisotopic (exact) mass is 427 g/mol. The molecule has 7 heteroatoms. The summed E-state index contributed by atoms with van der Waals surface area (Å²) in [5, 5.41) is 9.54.